The highest BCUT2D eigenvalue weighted by atomic mass is 16.3. The number of hydrogen-bond acceptors (Lipinski definition) is 5. The zero-order chi connectivity index (χ0) is 16.6. The van der Waals surface area contributed by atoms with Gasteiger partial charge in [-0.15, -0.1) is 0 Å². The lowest BCUT2D eigenvalue weighted by atomic mass is 10.2. The molecule has 0 unspecified atom stereocenters. The molecule has 0 aromatic heterocycles. The molecule has 3 rings (SSSR count). The molecule has 3 aromatic rings. The first-order chi connectivity index (χ1) is 11.8. The lowest BCUT2D eigenvalue weighted by Gasteiger charge is -2.01. The van der Waals surface area contributed by atoms with Crippen molar-refractivity contribution in [3.63, 3.8) is 0 Å². The molecule has 0 atom stereocenters. The Bertz CT molecular complexity index is 846. The van der Waals surface area contributed by atoms with Gasteiger partial charge in [-0.05, 0) is 36.4 Å². The first kappa shape index (κ1) is 15.4. The normalized spacial score (nSPS) is 11.2. The lowest BCUT2D eigenvalue weighted by Crippen LogP contribution is -1.90. The van der Waals surface area contributed by atoms with Crippen molar-refractivity contribution in [2.24, 2.45) is 15.3 Å². The van der Waals surface area contributed by atoms with Crippen molar-refractivity contribution in [2.45, 2.75) is 0 Å². The van der Waals surface area contributed by atoms with Crippen LogP contribution in [0.5, 0.6) is 5.75 Å². The number of nitrogens with one attached hydrogen (secondary N) is 1. The van der Waals surface area contributed by atoms with E-state index < -0.39 is 0 Å². The van der Waals surface area contributed by atoms with E-state index in [2.05, 4.69) is 20.8 Å². The molecule has 0 aliphatic heterocycles. The maximum absolute atomic E-state index is 10.1. The summed E-state index contributed by atoms with van der Waals surface area (Å²) in [6, 6.07) is 24.1. The van der Waals surface area contributed by atoms with Crippen LogP contribution in [-0.4, -0.2) is 11.3 Å². The number of azo groups is 1. The van der Waals surface area contributed by atoms with E-state index in [1.54, 1.807) is 24.4 Å². The van der Waals surface area contributed by atoms with Gasteiger partial charge in [0, 0.05) is 11.6 Å². The van der Waals surface area contributed by atoms with Crippen LogP contribution in [-0.2, 0) is 0 Å². The number of para-hydroxylation sites is 1. The summed E-state index contributed by atoms with van der Waals surface area (Å²) in [6.45, 7) is 0. The Morgan fingerprint density at radius 3 is 2.12 bits per heavy atom. The first-order valence-corrected chi connectivity index (χ1v) is 7.45. The quantitative estimate of drug-likeness (QED) is 0.383. The van der Waals surface area contributed by atoms with Crippen molar-refractivity contribution in [1.29, 1.82) is 0 Å². The minimum Gasteiger partial charge on any atom is -0.507 e. The summed E-state index contributed by atoms with van der Waals surface area (Å²) in [5.41, 5.74) is 5.70. The molecule has 2 N–H and O–H groups in total. The number of phenols is 1. The number of hydrazone groups is 1. The molecule has 0 aliphatic carbocycles. The summed E-state index contributed by atoms with van der Waals surface area (Å²) in [4.78, 5) is 0. The van der Waals surface area contributed by atoms with Gasteiger partial charge < -0.3 is 5.11 Å². The van der Waals surface area contributed by atoms with Crippen molar-refractivity contribution >= 4 is 23.3 Å². The molecule has 24 heavy (non-hydrogen) atoms. The van der Waals surface area contributed by atoms with Gasteiger partial charge in [0.2, 0.25) is 0 Å². The van der Waals surface area contributed by atoms with E-state index in [4.69, 9.17) is 0 Å². The zero-order valence-corrected chi connectivity index (χ0v) is 12.9. The van der Waals surface area contributed by atoms with E-state index in [0.29, 0.717) is 11.3 Å². The monoisotopic (exact) mass is 316 g/mol. The van der Waals surface area contributed by atoms with Gasteiger partial charge in [0.25, 0.3) is 0 Å². The Morgan fingerprint density at radius 2 is 1.42 bits per heavy atom. The second kappa shape index (κ2) is 7.69. The number of phenolic OH excluding ortho intramolecular Hbond substituents is 1. The van der Waals surface area contributed by atoms with E-state index in [1.807, 2.05) is 60.7 Å². The Kier molecular flexibility index (Phi) is 4.94. The van der Waals surface area contributed by atoms with Crippen LogP contribution in [0.4, 0.5) is 17.1 Å². The molecular formula is C19H16N4O. The number of aromatic hydroxyl groups is 1. The van der Waals surface area contributed by atoms with Crippen LogP contribution in [0.15, 0.2) is 94.2 Å². The molecule has 118 valence electrons. The average Bonchev–Trinajstić information content (AvgIpc) is 2.63. The Morgan fingerprint density at radius 1 is 0.750 bits per heavy atom. The maximum Gasteiger partial charge on any atom is 0.126 e. The summed E-state index contributed by atoms with van der Waals surface area (Å²) < 4.78 is 0. The van der Waals surface area contributed by atoms with Gasteiger partial charge in [-0.3, -0.25) is 5.43 Å². The van der Waals surface area contributed by atoms with Crippen LogP contribution in [0, 0.1) is 0 Å². The number of anilines is 1. The van der Waals surface area contributed by atoms with Gasteiger partial charge in [0.05, 0.1) is 23.3 Å². The van der Waals surface area contributed by atoms with Gasteiger partial charge in [-0.2, -0.15) is 15.3 Å². The van der Waals surface area contributed by atoms with E-state index in [0.717, 1.165) is 11.4 Å². The van der Waals surface area contributed by atoms with Crippen molar-refractivity contribution in [2.75, 3.05) is 5.43 Å². The average molecular weight is 316 g/mol. The fourth-order valence-electron chi connectivity index (χ4n) is 2.00. The van der Waals surface area contributed by atoms with Crippen LogP contribution in [0.1, 0.15) is 5.56 Å². The largest absolute Gasteiger partial charge is 0.507 e. The standard InChI is InChI=1S/C19H16N4O/c24-19-13-18(23-22-17-9-5-2-6-10-17)12-11-15(19)14-20-21-16-7-3-1-4-8-16/h1-14,21,24H/b20-14+,23-22?. The molecule has 0 heterocycles. The van der Waals surface area contributed by atoms with E-state index in [1.165, 1.54) is 0 Å². The highest BCUT2D eigenvalue weighted by Gasteiger charge is 2.00. The van der Waals surface area contributed by atoms with Crippen LogP contribution in [0.25, 0.3) is 0 Å². The fourth-order valence-corrected chi connectivity index (χ4v) is 2.00. The van der Waals surface area contributed by atoms with Crippen LogP contribution in [0.3, 0.4) is 0 Å². The van der Waals surface area contributed by atoms with Crippen LogP contribution >= 0.6 is 0 Å². The van der Waals surface area contributed by atoms with Gasteiger partial charge in [-0.25, -0.2) is 0 Å². The summed E-state index contributed by atoms with van der Waals surface area (Å²) in [5, 5.41) is 22.4. The summed E-state index contributed by atoms with van der Waals surface area (Å²) in [6.07, 6.45) is 1.56. The predicted octanol–water partition coefficient (Wildman–Crippen LogP) is 5.25. The van der Waals surface area contributed by atoms with Crippen molar-refractivity contribution in [3.05, 3.63) is 84.4 Å². The Balaban J connectivity index is 1.67. The summed E-state index contributed by atoms with van der Waals surface area (Å²) in [5.74, 6) is 0.0955. The van der Waals surface area contributed by atoms with Gasteiger partial charge in [-0.1, -0.05) is 36.4 Å². The fraction of sp³-hybridized carbons (Fsp3) is 0. The zero-order valence-electron chi connectivity index (χ0n) is 12.9. The number of rotatable bonds is 5. The van der Waals surface area contributed by atoms with E-state index in [-0.39, 0.29) is 5.75 Å². The van der Waals surface area contributed by atoms with Gasteiger partial charge in [0.15, 0.2) is 0 Å². The molecule has 0 aliphatic rings. The van der Waals surface area contributed by atoms with Crippen LogP contribution < -0.4 is 5.43 Å². The second-order valence-corrected chi connectivity index (χ2v) is 5.01. The molecule has 0 saturated carbocycles. The number of nitrogens with zero attached hydrogens (tertiary/aromatic N) is 3. The third-order valence-corrected chi connectivity index (χ3v) is 3.22. The minimum absolute atomic E-state index is 0.0955. The van der Waals surface area contributed by atoms with E-state index >= 15 is 0 Å². The molecule has 0 bridgehead atoms. The Labute approximate surface area is 140 Å². The molecule has 5 heteroatoms. The molecule has 3 aromatic carbocycles. The van der Waals surface area contributed by atoms with Gasteiger partial charge in [0.1, 0.15) is 5.75 Å². The SMILES string of the molecule is Oc1cc(N=Nc2ccccc2)ccc1/C=N/Nc1ccccc1. The number of hydrogen-bond donors (Lipinski definition) is 2. The van der Waals surface area contributed by atoms with Crippen LogP contribution in [0.2, 0.25) is 0 Å². The second-order valence-electron chi connectivity index (χ2n) is 5.01. The molecule has 0 fully saturated rings. The molecule has 0 radical (unpaired) electrons. The van der Waals surface area contributed by atoms with Crippen molar-refractivity contribution in [3.8, 4) is 5.75 Å². The highest BCUT2D eigenvalue weighted by molar-refractivity contribution is 5.84. The summed E-state index contributed by atoms with van der Waals surface area (Å²) in [7, 11) is 0. The van der Waals surface area contributed by atoms with Crippen molar-refractivity contribution < 1.29 is 5.11 Å². The van der Waals surface area contributed by atoms with E-state index in [9.17, 15) is 5.11 Å². The first-order valence-electron chi connectivity index (χ1n) is 7.45. The molecule has 0 spiro atoms. The smallest absolute Gasteiger partial charge is 0.126 e. The highest BCUT2D eigenvalue weighted by Crippen LogP contribution is 2.24. The number of benzene rings is 3. The minimum atomic E-state index is 0.0955. The summed E-state index contributed by atoms with van der Waals surface area (Å²) >= 11 is 0. The van der Waals surface area contributed by atoms with Crippen molar-refractivity contribution in [1.82, 2.24) is 0 Å². The molecular weight excluding hydrogens is 300 g/mol. The third-order valence-electron chi connectivity index (χ3n) is 3.22. The molecule has 0 amide bonds. The lowest BCUT2D eigenvalue weighted by molar-refractivity contribution is 0.474. The molecule has 5 nitrogen and oxygen atoms in total. The maximum atomic E-state index is 10.1. The topological polar surface area (TPSA) is 69.3 Å². The Hall–Kier alpha value is -3.47. The predicted molar refractivity (Wildman–Crippen MR) is 96.4 cm³/mol. The third kappa shape index (κ3) is 4.27. The van der Waals surface area contributed by atoms with Gasteiger partial charge >= 0.3 is 0 Å². The molecule has 0 saturated heterocycles.